The molecule has 144 valence electrons. The van der Waals surface area contributed by atoms with Crippen LogP contribution in [0.1, 0.15) is 24.3 Å². The molecular formula is C20H20N4O4. The van der Waals surface area contributed by atoms with Crippen LogP contribution in [-0.4, -0.2) is 39.6 Å². The van der Waals surface area contributed by atoms with Crippen LogP contribution in [0.25, 0.3) is 11.3 Å². The molecule has 0 spiro atoms. The number of aryl methyl sites for hydroxylation is 1. The normalized spacial score (nSPS) is 16.3. The van der Waals surface area contributed by atoms with E-state index in [0.717, 1.165) is 12.0 Å². The first-order valence-electron chi connectivity index (χ1n) is 9.15. The molecule has 3 aromatic rings. The van der Waals surface area contributed by atoms with Gasteiger partial charge in [-0.3, -0.25) is 9.59 Å². The molecule has 3 heterocycles. The average molecular weight is 380 g/mol. The van der Waals surface area contributed by atoms with E-state index in [1.165, 1.54) is 0 Å². The van der Waals surface area contributed by atoms with Crippen molar-refractivity contribution in [2.24, 2.45) is 0 Å². The predicted molar refractivity (Wildman–Crippen MR) is 100 cm³/mol. The second-order valence-electron chi connectivity index (χ2n) is 6.78. The van der Waals surface area contributed by atoms with Crippen molar-refractivity contribution in [2.45, 2.75) is 32.2 Å². The van der Waals surface area contributed by atoms with Crippen molar-refractivity contribution in [1.82, 2.24) is 15.2 Å². The van der Waals surface area contributed by atoms with Crippen molar-refractivity contribution in [3.63, 3.8) is 0 Å². The van der Waals surface area contributed by atoms with Crippen molar-refractivity contribution in [1.29, 1.82) is 0 Å². The van der Waals surface area contributed by atoms with Crippen molar-refractivity contribution in [3.05, 3.63) is 53.9 Å². The summed E-state index contributed by atoms with van der Waals surface area (Å²) in [6.45, 7) is 2.29. The van der Waals surface area contributed by atoms with Gasteiger partial charge in [0.1, 0.15) is 11.8 Å². The molecule has 4 rings (SSSR count). The van der Waals surface area contributed by atoms with Crippen LogP contribution in [-0.2, 0) is 16.0 Å². The van der Waals surface area contributed by atoms with Gasteiger partial charge in [0.05, 0.1) is 12.1 Å². The Hall–Kier alpha value is -3.42. The summed E-state index contributed by atoms with van der Waals surface area (Å²) in [5.41, 5.74) is 1.44. The number of nitrogens with one attached hydrogen (secondary N) is 1. The fourth-order valence-corrected chi connectivity index (χ4v) is 3.36. The highest BCUT2D eigenvalue weighted by molar-refractivity contribution is 5.97. The molecule has 1 aromatic carbocycles. The summed E-state index contributed by atoms with van der Waals surface area (Å²) in [7, 11) is 0. The third-order valence-electron chi connectivity index (χ3n) is 4.70. The molecule has 0 aliphatic carbocycles. The molecule has 0 bridgehead atoms. The van der Waals surface area contributed by atoms with Gasteiger partial charge in [0, 0.05) is 24.2 Å². The smallest absolute Gasteiger partial charge is 0.248 e. The van der Waals surface area contributed by atoms with Crippen molar-refractivity contribution >= 4 is 17.6 Å². The summed E-state index contributed by atoms with van der Waals surface area (Å²) in [5.74, 6) is 1.16. The molecule has 1 aliphatic heterocycles. The SMILES string of the molecule is Cc1cc(NC(=O)[C@@H]2CCCN2C(=O)Cc2cc(-c3ccccc3)on2)no1. The predicted octanol–water partition coefficient (Wildman–Crippen LogP) is 2.81. The fourth-order valence-electron chi connectivity index (χ4n) is 3.36. The van der Waals surface area contributed by atoms with Gasteiger partial charge in [-0.15, -0.1) is 0 Å². The van der Waals surface area contributed by atoms with Gasteiger partial charge < -0.3 is 19.3 Å². The van der Waals surface area contributed by atoms with Crippen molar-refractivity contribution in [3.8, 4) is 11.3 Å². The lowest BCUT2D eigenvalue weighted by molar-refractivity contribution is -0.136. The lowest BCUT2D eigenvalue weighted by Crippen LogP contribution is -2.43. The van der Waals surface area contributed by atoms with Gasteiger partial charge >= 0.3 is 0 Å². The van der Waals surface area contributed by atoms with Crippen LogP contribution in [0.5, 0.6) is 0 Å². The number of aromatic nitrogens is 2. The summed E-state index contributed by atoms with van der Waals surface area (Å²) < 4.78 is 10.3. The molecule has 8 heteroatoms. The number of benzene rings is 1. The molecule has 2 amide bonds. The fraction of sp³-hybridized carbons (Fsp3) is 0.300. The largest absolute Gasteiger partial charge is 0.360 e. The monoisotopic (exact) mass is 380 g/mol. The highest BCUT2D eigenvalue weighted by Gasteiger charge is 2.34. The van der Waals surface area contributed by atoms with Crippen LogP contribution in [0.4, 0.5) is 5.82 Å². The number of nitrogens with zero attached hydrogens (tertiary/aromatic N) is 3. The number of carbonyl (C=O) groups is 2. The van der Waals surface area contributed by atoms with Gasteiger partial charge in [-0.25, -0.2) is 0 Å². The Labute approximate surface area is 161 Å². The molecule has 8 nitrogen and oxygen atoms in total. The van der Waals surface area contributed by atoms with Crippen molar-refractivity contribution < 1.29 is 18.6 Å². The Bertz CT molecular complexity index is 979. The van der Waals surface area contributed by atoms with E-state index in [4.69, 9.17) is 9.05 Å². The number of anilines is 1. The zero-order valence-corrected chi connectivity index (χ0v) is 15.4. The van der Waals surface area contributed by atoms with E-state index in [1.54, 1.807) is 24.0 Å². The highest BCUT2D eigenvalue weighted by Crippen LogP contribution is 2.23. The molecule has 0 unspecified atom stereocenters. The molecule has 1 aliphatic rings. The molecule has 1 N–H and O–H groups in total. The van der Waals surface area contributed by atoms with Gasteiger partial charge in [0.15, 0.2) is 11.6 Å². The number of rotatable bonds is 5. The van der Waals surface area contributed by atoms with Crippen LogP contribution < -0.4 is 5.32 Å². The molecule has 1 fully saturated rings. The first-order valence-corrected chi connectivity index (χ1v) is 9.15. The maximum atomic E-state index is 12.8. The second-order valence-corrected chi connectivity index (χ2v) is 6.78. The Balaban J connectivity index is 1.41. The number of hydrogen-bond acceptors (Lipinski definition) is 6. The van der Waals surface area contributed by atoms with E-state index in [-0.39, 0.29) is 18.2 Å². The minimum Gasteiger partial charge on any atom is -0.360 e. The number of likely N-dealkylation sites (tertiary alicyclic amines) is 1. The van der Waals surface area contributed by atoms with E-state index in [2.05, 4.69) is 15.6 Å². The van der Waals surface area contributed by atoms with Gasteiger partial charge in [-0.05, 0) is 19.8 Å². The second kappa shape index (κ2) is 7.67. The molecule has 0 saturated carbocycles. The van der Waals surface area contributed by atoms with Gasteiger partial charge in [0.2, 0.25) is 11.8 Å². The van der Waals surface area contributed by atoms with Crippen LogP contribution >= 0.6 is 0 Å². The Morgan fingerprint density at radius 1 is 1.18 bits per heavy atom. The Kier molecular flexibility index (Phi) is 4.92. The van der Waals surface area contributed by atoms with Gasteiger partial charge in [0.25, 0.3) is 0 Å². The summed E-state index contributed by atoms with van der Waals surface area (Å²) in [4.78, 5) is 26.9. The van der Waals surface area contributed by atoms with Crippen molar-refractivity contribution in [2.75, 3.05) is 11.9 Å². The minimum absolute atomic E-state index is 0.0865. The maximum Gasteiger partial charge on any atom is 0.248 e. The zero-order chi connectivity index (χ0) is 19.5. The van der Waals surface area contributed by atoms with Crippen LogP contribution in [0.3, 0.4) is 0 Å². The van der Waals surface area contributed by atoms with E-state index in [0.29, 0.717) is 36.0 Å². The average Bonchev–Trinajstić information content (AvgIpc) is 3.43. The maximum absolute atomic E-state index is 12.8. The van der Waals surface area contributed by atoms with Crippen LogP contribution in [0, 0.1) is 6.92 Å². The van der Waals surface area contributed by atoms with Gasteiger partial charge in [-0.1, -0.05) is 40.6 Å². The third kappa shape index (κ3) is 3.80. The topological polar surface area (TPSA) is 101 Å². The standard InChI is InChI=1S/C20H20N4O4/c1-13-10-18(23-27-13)21-20(26)16-8-5-9-24(16)19(25)12-15-11-17(28-22-15)14-6-3-2-4-7-14/h2-4,6-7,10-11,16H,5,8-9,12H2,1H3,(H,21,23,26)/t16-/m0/s1. The summed E-state index contributed by atoms with van der Waals surface area (Å²) in [6, 6.07) is 12.4. The van der Waals surface area contributed by atoms with E-state index >= 15 is 0 Å². The summed E-state index contributed by atoms with van der Waals surface area (Å²) in [6.07, 6.45) is 1.47. The Morgan fingerprint density at radius 3 is 2.75 bits per heavy atom. The lowest BCUT2D eigenvalue weighted by atomic mass is 10.1. The molecule has 0 radical (unpaired) electrons. The first-order chi connectivity index (χ1) is 13.6. The first kappa shape index (κ1) is 18.0. The van der Waals surface area contributed by atoms with Gasteiger partial charge in [-0.2, -0.15) is 0 Å². The number of hydrogen-bond donors (Lipinski definition) is 1. The molecule has 2 aromatic heterocycles. The molecular weight excluding hydrogens is 360 g/mol. The summed E-state index contributed by atoms with van der Waals surface area (Å²) >= 11 is 0. The Morgan fingerprint density at radius 2 is 2.00 bits per heavy atom. The van der Waals surface area contributed by atoms with E-state index < -0.39 is 6.04 Å². The molecule has 1 saturated heterocycles. The quantitative estimate of drug-likeness (QED) is 0.730. The third-order valence-corrected chi connectivity index (χ3v) is 4.70. The molecule has 28 heavy (non-hydrogen) atoms. The number of amides is 2. The lowest BCUT2D eigenvalue weighted by Gasteiger charge is -2.23. The molecule has 1 atom stereocenters. The van der Waals surface area contributed by atoms with E-state index in [1.807, 2.05) is 30.3 Å². The number of carbonyl (C=O) groups excluding carboxylic acids is 2. The van der Waals surface area contributed by atoms with E-state index in [9.17, 15) is 9.59 Å². The minimum atomic E-state index is -0.523. The van der Waals surface area contributed by atoms with Crippen LogP contribution in [0.15, 0.2) is 51.5 Å². The summed E-state index contributed by atoms with van der Waals surface area (Å²) in [5, 5.41) is 10.5. The highest BCUT2D eigenvalue weighted by atomic mass is 16.5. The van der Waals surface area contributed by atoms with Crippen LogP contribution in [0.2, 0.25) is 0 Å². The zero-order valence-electron chi connectivity index (χ0n) is 15.4.